The highest BCUT2D eigenvalue weighted by Gasteiger charge is 2.45. The Morgan fingerprint density at radius 2 is 1.14 bits per heavy atom. The lowest BCUT2D eigenvalue weighted by atomic mass is 9.88. The van der Waals surface area contributed by atoms with Crippen LogP contribution in [0, 0.1) is 0 Å². The van der Waals surface area contributed by atoms with Crippen molar-refractivity contribution in [3.8, 4) is 0 Å². The van der Waals surface area contributed by atoms with Crippen LogP contribution in [0.3, 0.4) is 0 Å². The van der Waals surface area contributed by atoms with E-state index in [2.05, 4.69) is 114 Å². The van der Waals surface area contributed by atoms with Crippen molar-refractivity contribution < 1.29 is 17.8 Å². The van der Waals surface area contributed by atoms with Gasteiger partial charge in [0.15, 0.2) is 25.0 Å². The van der Waals surface area contributed by atoms with Gasteiger partial charge in [-0.3, -0.25) is 0 Å². The fourth-order valence-corrected chi connectivity index (χ4v) is 11.7. The van der Waals surface area contributed by atoms with E-state index in [-0.39, 0.29) is 27.3 Å². The molecule has 0 unspecified atom stereocenters. The fraction of sp³-hybridized carbons (Fsp3) is 0.610. The smallest absolute Gasteiger partial charge is 0.193 e. The third-order valence-corrected chi connectivity index (χ3v) is 28.5. The van der Waals surface area contributed by atoms with Crippen molar-refractivity contribution in [3.63, 3.8) is 0 Å². The van der Waals surface area contributed by atoms with Crippen molar-refractivity contribution in [2.24, 2.45) is 0 Å². The zero-order valence-corrected chi connectivity index (χ0v) is 37.6. The summed E-state index contributed by atoms with van der Waals surface area (Å²) in [6.45, 7) is 35.5. The van der Waals surface area contributed by atoms with Crippen LogP contribution in [0.4, 0.5) is 0 Å². The molecule has 0 bridgehead atoms. The second-order valence-corrected chi connectivity index (χ2v) is 36.0. The average molecular weight is 741 g/mol. The molecular formula is C41H69O4PSi3. The number of hydrogen-bond donors (Lipinski definition) is 0. The Morgan fingerprint density at radius 3 is 1.59 bits per heavy atom. The molecule has 3 rings (SSSR count). The fourth-order valence-electron chi connectivity index (χ4n) is 5.39. The molecule has 8 heteroatoms. The molecule has 49 heavy (non-hydrogen) atoms. The van der Waals surface area contributed by atoms with Gasteiger partial charge in [-0.1, -0.05) is 141 Å². The topological polar surface area (TPSA) is 44.8 Å². The predicted octanol–water partition coefficient (Wildman–Crippen LogP) is 11.8. The van der Waals surface area contributed by atoms with Crippen molar-refractivity contribution in [1.82, 2.24) is 0 Å². The lowest BCUT2D eigenvalue weighted by Gasteiger charge is -2.45. The van der Waals surface area contributed by atoms with Crippen molar-refractivity contribution in [2.75, 3.05) is 12.8 Å². The summed E-state index contributed by atoms with van der Waals surface area (Å²) in [6.07, 6.45) is 7.42. The molecule has 0 fully saturated rings. The Hall–Kier alpha value is -1.32. The lowest BCUT2D eigenvalue weighted by molar-refractivity contribution is 0.160. The van der Waals surface area contributed by atoms with E-state index < -0.39 is 32.1 Å². The van der Waals surface area contributed by atoms with Gasteiger partial charge in [0.2, 0.25) is 0 Å². The molecule has 0 radical (unpaired) electrons. The molecule has 274 valence electrons. The monoisotopic (exact) mass is 740 g/mol. The molecule has 0 heterocycles. The van der Waals surface area contributed by atoms with Gasteiger partial charge in [-0.25, -0.2) is 0 Å². The van der Waals surface area contributed by atoms with Gasteiger partial charge in [-0.15, -0.1) is 0 Å². The minimum atomic E-state index is -2.86. The van der Waals surface area contributed by atoms with Gasteiger partial charge in [0.05, 0.1) is 12.2 Å². The van der Waals surface area contributed by atoms with Crippen LogP contribution in [0.5, 0.6) is 0 Å². The molecule has 0 aliphatic heterocycles. The Balaban J connectivity index is 2.08. The molecule has 0 saturated heterocycles. The largest absolute Gasteiger partial charge is 0.417 e. The van der Waals surface area contributed by atoms with Crippen molar-refractivity contribution in [2.45, 2.75) is 148 Å². The van der Waals surface area contributed by atoms with Crippen LogP contribution < -0.4 is 10.6 Å². The summed E-state index contributed by atoms with van der Waals surface area (Å²) in [5.41, 5.74) is 2.53. The summed E-state index contributed by atoms with van der Waals surface area (Å²) in [4.78, 5) is 0. The van der Waals surface area contributed by atoms with E-state index in [1.54, 1.807) is 0 Å². The Labute approximate surface area is 304 Å². The average Bonchev–Trinajstić information content (AvgIpc) is 2.98. The summed E-state index contributed by atoms with van der Waals surface area (Å²) < 4.78 is 36.3. The zero-order valence-electron chi connectivity index (χ0n) is 33.7. The van der Waals surface area contributed by atoms with E-state index in [0.29, 0.717) is 12.8 Å². The highest BCUT2D eigenvalue weighted by Crippen LogP contribution is 2.48. The molecule has 1 aliphatic rings. The Bertz CT molecular complexity index is 1430. The first kappa shape index (κ1) is 42.1. The minimum absolute atomic E-state index is 0.0567. The van der Waals surface area contributed by atoms with E-state index in [1.165, 1.54) is 11.1 Å². The number of benzene rings is 2. The summed E-state index contributed by atoms with van der Waals surface area (Å²) >= 11 is 0. The van der Waals surface area contributed by atoms with Crippen molar-refractivity contribution >= 4 is 42.7 Å². The SMILES string of the molecule is CC(C)(C)[Si](C)(C)OCCC=C1[C@H](O[Si](C)(C)C(C)(C)C)C=C(CCP(=O)(c2ccccc2)c2ccccc2)C[C@H]1O[Si](C)(C)C(C)(C)C. The molecule has 2 atom stereocenters. The van der Waals surface area contributed by atoms with E-state index >= 15 is 4.57 Å². The normalized spacial score (nSPS) is 19.7. The van der Waals surface area contributed by atoms with Crippen LogP contribution in [0.1, 0.15) is 81.6 Å². The van der Waals surface area contributed by atoms with Gasteiger partial charge in [0, 0.05) is 23.4 Å². The second-order valence-electron chi connectivity index (χ2n) is 18.7. The van der Waals surface area contributed by atoms with E-state index in [1.807, 2.05) is 60.7 Å². The maximum atomic E-state index is 15.0. The van der Waals surface area contributed by atoms with Crippen LogP contribution in [0.15, 0.2) is 84.0 Å². The van der Waals surface area contributed by atoms with E-state index in [9.17, 15) is 0 Å². The summed E-state index contributed by atoms with van der Waals surface area (Å²) in [6, 6.07) is 20.1. The molecule has 0 amide bonds. The molecular weight excluding hydrogens is 672 g/mol. The standard InChI is InChI=1S/C41H69O4PSi3/c1-39(2,3)47(10,11)43-29-22-27-36-37(44-48(12,13)40(4,5)6)31-33(32-38(36)45-49(14,15)41(7,8)9)28-30-46(42,34-23-18-16-19-24-34)35-25-20-17-21-26-35/h16-21,23-27,31,37-38H,22,28-30,32H2,1-15H3/t37-,38-/m1/s1. The third-order valence-electron chi connectivity index (χ3n) is 11.9. The maximum absolute atomic E-state index is 15.0. The van der Waals surface area contributed by atoms with Crippen LogP contribution in [0.2, 0.25) is 54.4 Å². The quantitative estimate of drug-likeness (QED) is 0.0888. The predicted molar refractivity (Wildman–Crippen MR) is 222 cm³/mol. The minimum Gasteiger partial charge on any atom is -0.417 e. The molecule has 0 aromatic heterocycles. The molecule has 2 aromatic carbocycles. The Morgan fingerprint density at radius 1 is 0.694 bits per heavy atom. The maximum Gasteiger partial charge on any atom is 0.193 e. The van der Waals surface area contributed by atoms with Gasteiger partial charge >= 0.3 is 0 Å². The van der Waals surface area contributed by atoms with Gasteiger partial charge < -0.3 is 17.8 Å². The van der Waals surface area contributed by atoms with Crippen LogP contribution >= 0.6 is 7.14 Å². The summed E-state index contributed by atoms with van der Waals surface area (Å²) in [5, 5.41) is 2.13. The first-order valence-corrected chi connectivity index (χ1v) is 29.0. The Kier molecular flexibility index (Phi) is 13.5. The van der Waals surface area contributed by atoms with Gasteiger partial charge in [0.25, 0.3) is 0 Å². The van der Waals surface area contributed by atoms with E-state index in [0.717, 1.165) is 29.9 Å². The number of rotatable bonds is 13. The second kappa shape index (κ2) is 15.7. The van der Waals surface area contributed by atoms with E-state index in [4.69, 9.17) is 13.3 Å². The molecule has 0 N–H and O–H groups in total. The first-order chi connectivity index (χ1) is 22.3. The number of hydrogen-bond acceptors (Lipinski definition) is 4. The first-order valence-electron chi connectivity index (χ1n) is 18.4. The molecule has 2 aromatic rings. The van der Waals surface area contributed by atoms with Gasteiger partial charge in [-0.2, -0.15) is 0 Å². The van der Waals surface area contributed by atoms with Crippen molar-refractivity contribution in [1.29, 1.82) is 0 Å². The highest BCUT2D eigenvalue weighted by molar-refractivity contribution is 7.78. The molecule has 4 nitrogen and oxygen atoms in total. The van der Waals surface area contributed by atoms with Gasteiger partial charge in [-0.05, 0) is 79.2 Å². The third kappa shape index (κ3) is 10.6. The summed E-state index contributed by atoms with van der Waals surface area (Å²) in [7, 11) is -9.04. The summed E-state index contributed by atoms with van der Waals surface area (Å²) in [5.74, 6) is 0. The van der Waals surface area contributed by atoms with Crippen LogP contribution in [-0.4, -0.2) is 49.9 Å². The molecule has 0 spiro atoms. The van der Waals surface area contributed by atoms with Crippen molar-refractivity contribution in [3.05, 3.63) is 84.0 Å². The van der Waals surface area contributed by atoms with Crippen LogP contribution in [0.25, 0.3) is 0 Å². The van der Waals surface area contributed by atoms with Gasteiger partial charge in [0.1, 0.15) is 7.14 Å². The zero-order chi connectivity index (χ0) is 37.1. The van der Waals surface area contributed by atoms with Crippen LogP contribution in [-0.2, 0) is 17.8 Å². The highest BCUT2D eigenvalue weighted by atomic mass is 31.2. The molecule has 0 saturated carbocycles. The lowest BCUT2D eigenvalue weighted by Crippen LogP contribution is -2.49. The molecule has 1 aliphatic carbocycles.